The Morgan fingerprint density at radius 3 is 2.70 bits per heavy atom. The quantitative estimate of drug-likeness (QED) is 0.374. The second-order valence-electron chi connectivity index (χ2n) is 6.37. The third kappa shape index (κ3) is 6.00. The van der Waals surface area contributed by atoms with E-state index in [1.807, 2.05) is 43.5 Å². The Morgan fingerprint density at radius 1 is 1.13 bits per heavy atom. The summed E-state index contributed by atoms with van der Waals surface area (Å²) in [6.45, 7) is 6.43. The van der Waals surface area contributed by atoms with Gasteiger partial charge in [0.25, 0.3) is 0 Å². The van der Waals surface area contributed by atoms with E-state index in [1.165, 1.54) is 5.56 Å². The first kappa shape index (κ1) is 21.7. The molecule has 2 aromatic heterocycles. The third-order valence-corrected chi connectivity index (χ3v) is 5.12. The normalized spacial score (nSPS) is 11.4. The first-order valence-corrected chi connectivity index (χ1v) is 10.9. The highest BCUT2D eigenvalue weighted by atomic mass is 32.1. The lowest BCUT2D eigenvalue weighted by atomic mass is 10.1. The Bertz CT molecular complexity index is 938. The Balaban J connectivity index is 1.48. The zero-order chi connectivity index (χ0) is 21.2. The van der Waals surface area contributed by atoms with Crippen LogP contribution in [-0.2, 0) is 13.0 Å². The van der Waals surface area contributed by atoms with Crippen LogP contribution in [0.5, 0.6) is 11.5 Å². The molecular weight excluding hydrogens is 400 g/mol. The van der Waals surface area contributed by atoms with Crippen molar-refractivity contribution in [2.24, 2.45) is 4.99 Å². The van der Waals surface area contributed by atoms with Gasteiger partial charge in [0, 0.05) is 13.6 Å². The van der Waals surface area contributed by atoms with Crippen LogP contribution in [0.4, 0.5) is 0 Å². The van der Waals surface area contributed by atoms with Gasteiger partial charge in [-0.2, -0.15) is 0 Å². The van der Waals surface area contributed by atoms with E-state index in [0.717, 1.165) is 35.0 Å². The molecule has 1 aromatic carbocycles. The fraction of sp³-hybridized carbons (Fsp3) is 0.364. The fourth-order valence-corrected chi connectivity index (χ4v) is 3.53. The molecule has 7 nitrogen and oxygen atoms in total. The first-order chi connectivity index (χ1) is 14.7. The van der Waals surface area contributed by atoms with E-state index >= 15 is 0 Å². The average Bonchev–Trinajstić information content (AvgIpc) is 3.44. The van der Waals surface area contributed by atoms with Crippen molar-refractivity contribution in [3.05, 3.63) is 53.2 Å². The minimum Gasteiger partial charge on any atom is -0.490 e. The third-order valence-electron chi connectivity index (χ3n) is 4.26. The van der Waals surface area contributed by atoms with Crippen LogP contribution in [0.3, 0.4) is 0 Å². The SMILES string of the molecule is CCOc1ccc(CCNC(=NC)NCc2coc(-c3cccs3)n2)cc1OCC. The molecule has 0 amide bonds. The molecule has 0 fully saturated rings. The van der Waals surface area contributed by atoms with Crippen LogP contribution < -0.4 is 20.1 Å². The van der Waals surface area contributed by atoms with Gasteiger partial charge in [0.1, 0.15) is 6.26 Å². The summed E-state index contributed by atoms with van der Waals surface area (Å²) in [7, 11) is 1.75. The monoisotopic (exact) mass is 428 g/mol. The number of ether oxygens (including phenoxy) is 2. The van der Waals surface area contributed by atoms with E-state index in [0.29, 0.717) is 31.6 Å². The predicted octanol–water partition coefficient (Wildman–Crippen LogP) is 4.11. The number of guanidine groups is 1. The molecule has 0 aliphatic heterocycles. The van der Waals surface area contributed by atoms with Gasteiger partial charge in [-0.1, -0.05) is 12.1 Å². The van der Waals surface area contributed by atoms with Crippen molar-refractivity contribution >= 4 is 17.3 Å². The molecule has 3 rings (SSSR count). The maximum Gasteiger partial charge on any atom is 0.236 e. The van der Waals surface area contributed by atoms with Gasteiger partial charge < -0.3 is 24.5 Å². The molecule has 0 saturated heterocycles. The van der Waals surface area contributed by atoms with Crippen molar-refractivity contribution < 1.29 is 13.9 Å². The maximum absolute atomic E-state index is 5.70. The zero-order valence-electron chi connectivity index (χ0n) is 17.6. The molecule has 0 unspecified atom stereocenters. The first-order valence-electron chi connectivity index (χ1n) is 10.0. The van der Waals surface area contributed by atoms with Crippen LogP contribution in [0.25, 0.3) is 10.8 Å². The molecule has 0 spiro atoms. The Kier molecular flexibility index (Phi) is 8.14. The molecule has 3 aromatic rings. The summed E-state index contributed by atoms with van der Waals surface area (Å²) in [5, 5.41) is 8.59. The molecule has 0 radical (unpaired) electrons. The van der Waals surface area contributed by atoms with Gasteiger partial charge in [0.05, 0.1) is 30.3 Å². The zero-order valence-corrected chi connectivity index (χ0v) is 18.4. The number of hydrogen-bond acceptors (Lipinski definition) is 6. The van der Waals surface area contributed by atoms with Gasteiger partial charge >= 0.3 is 0 Å². The molecule has 0 aliphatic carbocycles. The number of nitrogens with zero attached hydrogens (tertiary/aromatic N) is 2. The molecule has 8 heteroatoms. The lowest BCUT2D eigenvalue weighted by molar-refractivity contribution is 0.287. The summed E-state index contributed by atoms with van der Waals surface area (Å²) < 4.78 is 16.9. The highest BCUT2D eigenvalue weighted by molar-refractivity contribution is 7.13. The van der Waals surface area contributed by atoms with E-state index in [2.05, 4.69) is 26.7 Å². The number of hydrogen-bond donors (Lipinski definition) is 2. The second kappa shape index (κ2) is 11.3. The summed E-state index contributed by atoms with van der Waals surface area (Å²) in [6, 6.07) is 10.0. The Morgan fingerprint density at radius 2 is 1.97 bits per heavy atom. The van der Waals surface area contributed by atoms with Gasteiger partial charge in [-0.25, -0.2) is 4.98 Å². The van der Waals surface area contributed by atoms with Gasteiger partial charge in [0.15, 0.2) is 17.5 Å². The molecule has 0 aliphatic rings. The van der Waals surface area contributed by atoms with Crippen LogP contribution >= 0.6 is 11.3 Å². The van der Waals surface area contributed by atoms with Gasteiger partial charge in [-0.05, 0) is 49.4 Å². The van der Waals surface area contributed by atoms with E-state index in [1.54, 1.807) is 24.6 Å². The minimum absolute atomic E-state index is 0.534. The van der Waals surface area contributed by atoms with E-state index in [-0.39, 0.29) is 0 Å². The van der Waals surface area contributed by atoms with Crippen LogP contribution in [-0.4, -0.2) is 37.7 Å². The Hall–Kier alpha value is -3.00. The molecule has 0 atom stereocenters. The van der Waals surface area contributed by atoms with E-state index in [4.69, 9.17) is 13.9 Å². The van der Waals surface area contributed by atoms with Crippen LogP contribution in [0.15, 0.2) is 51.4 Å². The topological polar surface area (TPSA) is 80.9 Å². The number of rotatable bonds is 10. The average molecular weight is 429 g/mol. The number of aromatic nitrogens is 1. The minimum atomic E-state index is 0.534. The van der Waals surface area contributed by atoms with E-state index in [9.17, 15) is 0 Å². The molecule has 30 heavy (non-hydrogen) atoms. The largest absolute Gasteiger partial charge is 0.490 e. The summed E-state index contributed by atoms with van der Waals surface area (Å²) >= 11 is 1.61. The molecule has 160 valence electrons. The molecule has 2 heterocycles. The smallest absolute Gasteiger partial charge is 0.236 e. The maximum atomic E-state index is 5.70. The van der Waals surface area contributed by atoms with E-state index < -0.39 is 0 Å². The number of nitrogens with one attached hydrogen (secondary N) is 2. The number of benzene rings is 1. The highest BCUT2D eigenvalue weighted by Gasteiger charge is 2.09. The number of oxazole rings is 1. The molecule has 0 saturated carbocycles. The van der Waals surface area contributed by atoms with Crippen LogP contribution in [0, 0.1) is 0 Å². The lowest BCUT2D eigenvalue weighted by Gasteiger charge is -2.13. The lowest BCUT2D eigenvalue weighted by Crippen LogP contribution is -2.37. The predicted molar refractivity (Wildman–Crippen MR) is 121 cm³/mol. The van der Waals surface area contributed by atoms with Gasteiger partial charge in [-0.15, -0.1) is 11.3 Å². The van der Waals surface area contributed by atoms with Crippen molar-refractivity contribution in [1.82, 2.24) is 15.6 Å². The number of thiophene rings is 1. The summed E-state index contributed by atoms with van der Waals surface area (Å²) in [5.41, 5.74) is 2.00. The summed E-state index contributed by atoms with van der Waals surface area (Å²) in [4.78, 5) is 9.80. The standard InChI is InChI=1S/C22H28N4O3S/c1-4-27-18-9-8-16(13-19(18)28-5-2)10-11-24-22(23-3)25-14-17-15-29-21(26-17)20-7-6-12-30-20/h6-9,12-13,15H,4-5,10-11,14H2,1-3H3,(H2,23,24,25). The highest BCUT2D eigenvalue weighted by Crippen LogP contribution is 2.28. The van der Waals surface area contributed by atoms with Crippen molar-refractivity contribution in [1.29, 1.82) is 0 Å². The fourth-order valence-electron chi connectivity index (χ4n) is 2.87. The van der Waals surface area contributed by atoms with Crippen molar-refractivity contribution in [2.75, 3.05) is 26.8 Å². The van der Waals surface area contributed by atoms with Gasteiger partial charge in [-0.3, -0.25) is 4.99 Å². The second-order valence-corrected chi connectivity index (χ2v) is 7.32. The molecule has 0 bridgehead atoms. The number of aliphatic imine (C=N–C) groups is 1. The van der Waals surface area contributed by atoms with Crippen molar-refractivity contribution in [3.8, 4) is 22.3 Å². The molecular formula is C22H28N4O3S. The van der Waals surface area contributed by atoms with Crippen molar-refractivity contribution in [3.63, 3.8) is 0 Å². The van der Waals surface area contributed by atoms with Gasteiger partial charge in [0.2, 0.25) is 5.89 Å². The van der Waals surface area contributed by atoms with Crippen molar-refractivity contribution in [2.45, 2.75) is 26.8 Å². The summed E-state index contributed by atoms with van der Waals surface area (Å²) in [6.07, 6.45) is 2.50. The molecule has 2 N–H and O–H groups in total. The van der Waals surface area contributed by atoms with Crippen LogP contribution in [0.1, 0.15) is 25.1 Å². The van der Waals surface area contributed by atoms with Crippen LogP contribution in [0.2, 0.25) is 0 Å². The summed E-state index contributed by atoms with van der Waals surface area (Å²) in [5.74, 6) is 2.92. The Labute approximate surface area is 181 Å².